The molecule has 0 saturated heterocycles. The Morgan fingerprint density at radius 1 is 1.23 bits per heavy atom. The summed E-state index contributed by atoms with van der Waals surface area (Å²) in [6, 6.07) is 7.96. The van der Waals surface area contributed by atoms with E-state index in [1.165, 1.54) is 12.1 Å². The minimum Gasteiger partial charge on any atom is -0.484 e. The van der Waals surface area contributed by atoms with Crippen molar-refractivity contribution in [2.75, 3.05) is 13.2 Å². The molecule has 0 radical (unpaired) electrons. The Hall–Kier alpha value is -2.67. The number of ether oxygens (including phenoxy) is 1. The molecule has 1 heterocycles. The lowest BCUT2D eigenvalue weighted by Crippen LogP contribution is -2.78. The molecular weight excluding hydrogens is 409 g/mol. The molecule has 5 rings (SSSR count). The Bertz CT molecular complexity index is 934. The molecule has 0 unspecified atom stereocenters. The lowest BCUT2D eigenvalue weighted by molar-refractivity contribution is -0.183. The van der Waals surface area contributed by atoms with E-state index in [-0.39, 0.29) is 40.1 Å². The maximum absolute atomic E-state index is 13.4. The van der Waals surface area contributed by atoms with Gasteiger partial charge in [0.15, 0.2) is 6.61 Å². The van der Waals surface area contributed by atoms with Gasteiger partial charge in [0, 0.05) is 30.5 Å². The molecule has 2 amide bonds. The minimum atomic E-state index is -0.595. The number of carbonyl (C=O) groups is 2. The van der Waals surface area contributed by atoms with Crippen molar-refractivity contribution >= 4 is 23.4 Å². The number of pyridine rings is 1. The van der Waals surface area contributed by atoms with Crippen molar-refractivity contribution in [2.24, 2.45) is 5.41 Å². The van der Waals surface area contributed by atoms with Gasteiger partial charge in [-0.25, -0.2) is 4.39 Å². The fourth-order valence-corrected chi connectivity index (χ4v) is 4.55. The predicted molar refractivity (Wildman–Crippen MR) is 110 cm³/mol. The lowest BCUT2D eigenvalue weighted by Gasteiger charge is -2.69. The quantitative estimate of drug-likeness (QED) is 0.598. The average molecular weight is 432 g/mol. The summed E-state index contributed by atoms with van der Waals surface area (Å²) < 4.78 is 18.7. The smallest absolute Gasteiger partial charge is 0.258 e. The number of benzene rings is 1. The van der Waals surface area contributed by atoms with Crippen molar-refractivity contribution in [2.45, 2.75) is 37.6 Å². The molecule has 3 fully saturated rings. The normalized spacial score (nSPS) is 23.7. The van der Waals surface area contributed by atoms with Gasteiger partial charge in [-0.3, -0.25) is 14.6 Å². The molecule has 3 aliphatic carbocycles. The molecule has 1 aromatic heterocycles. The molecule has 3 saturated carbocycles. The number of halogens is 2. The summed E-state index contributed by atoms with van der Waals surface area (Å²) in [5.74, 6) is -0.567. The van der Waals surface area contributed by atoms with Gasteiger partial charge in [-0.2, -0.15) is 0 Å². The van der Waals surface area contributed by atoms with E-state index in [1.807, 2.05) is 18.3 Å². The van der Waals surface area contributed by atoms with Crippen LogP contribution in [0.4, 0.5) is 4.39 Å². The Balaban J connectivity index is 1.15. The summed E-state index contributed by atoms with van der Waals surface area (Å²) in [5.41, 5.74) is 0.503. The first-order valence-electron chi connectivity index (χ1n) is 9.96. The second kappa shape index (κ2) is 8.22. The van der Waals surface area contributed by atoms with Crippen LogP contribution in [0.2, 0.25) is 5.02 Å². The van der Waals surface area contributed by atoms with Gasteiger partial charge < -0.3 is 15.4 Å². The number of carbonyl (C=O) groups excluding carboxylic acids is 2. The Morgan fingerprint density at radius 2 is 2.03 bits per heavy atom. The monoisotopic (exact) mass is 431 g/mol. The molecule has 0 atom stereocenters. The first-order valence-corrected chi connectivity index (χ1v) is 10.3. The molecular formula is C22H23ClFN3O3. The van der Waals surface area contributed by atoms with Crippen molar-refractivity contribution in [3.63, 3.8) is 0 Å². The van der Waals surface area contributed by atoms with Gasteiger partial charge in [0.2, 0.25) is 5.91 Å². The fraction of sp³-hybridized carbons (Fsp3) is 0.409. The summed E-state index contributed by atoms with van der Waals surface area (Å²) in [6.45, 7) is 0.413. The van der Waals surface area contributed by atoms with Gasteiger partial charge in [0.1, 0.15) is 11.6 Å². The zero-order valence-electron chi connectivity index (χ0n) is 16.4. The van der Waals surface area contributed by atoms with Crippen LogP contribution in [-0.2, 0) is 16.0 Å². The van der Waals surface area contributed by atoms with E-state index in [0.717, 1.165) is 24.5 Å². The van der Waals surface area contributed by atoms with E-state index in [2.05, 4.69) is 15.6 Å². The van der Waals surface area contributed by atoms with Gasteiger partial charge in [-0.15, -0.1) is 0 Å². The number of amides is 2. The van der Waals surface area contributed by atoms with Crippen LogP contribution in [0.15, 0.2) is 42.7 Å². The second-order valence-corrected chi connectivity index (χ2v) is 8.63. The predicted octanol–water partition coefficient (Wildman–Crippen LogP) is 3.04. The lowest BCUT2D eigenvalue weighted by atomic mass is 9.39. The maximum Gasteiger partial charge on any atom is 0.258 e. The molecule has 6 nitrogen and oxygen atoms in total. The largest absolute Gasteiger partial charge is 0.484 e. The number of hydrogen-bond acceptors (Lipinski definition) is 4. The topological polar surface area (TPSA) is 80.3 Å². The van der Waals surface area contributed by atoms with Crippen LogP contribution in [0.1, 0.15) is 31.2 Å². The Morgan fingerprint density at radius 3 is 2.73 bits per heavy atom. The highest BCUT2D eigenvalue weighted by molar-refractivity contribution is 6.30. The number of nitrogens with zero attached hydrogens (tertiary/aromatic N) is 1. The third-order valence-electron chi connectivity index (χ3n) is 5.83. The van der Waals surface area contributed by atoms with Crippen LogP contribution in [0.3, 0.4) is 0 Å². The van der Waals surface area contributed by atoms with Crippen molar-refractivity contribution in [3.05, 3.63) is 59.1 Å². The van der Waals surface area contributed by atoms with E-state index in [0.29, 0.717) is 25.8 Å². The first-order chi connectivity index (χ1) is 14.4. The highest BCUT2D eigenvalue weighted by atomic mass is 35.5. The van der Waals surface area contributed by atoms with Crippen molar-refractivity contribution in [1.29, 1.82) is 0 Å². The summed E-state index contributed by atoms with van der Waals surface area (Å²) in [6.07, 6.45) is 7.26. The SMILES string of the molecule is O=C(COc1ccc(Cl)c(F)c1)NC12CC(C(=O)NCCCc3cccnc3)(C1)C2. The van der Waals surface area contributed by atoms with Crippen LogP contribution < -0.4 is 15.4 Å². The molecule has 0 aliphatic heterocycles. The van der Waals surface area contributed by atoms with Gasteiger partial charge in [0.25, 0.3) is 5.91 Å². The number of aromatic nitrogens is 1. The number of rotatable bonds is 9. The number of aryl methyl sites for hydroxylation is 1. The van der Waals surface area contributed by atoms with E-state index in [4.69, 9.17) is 16.3 Å². The summed E-state index contributed by atoms with van der Waals surface area (Å²) >= 11 is 5.62. The third kappa shape index (κ3) is 4.26. The minimum absolute atomic E-state index is 0.00122. The number of nitrogens with one attached hydrogen (secondary N) is 2. The Labute approximate surface area is 179 Å². The van der Waals surface area contributed by atoms with Gasteiger partial charge in [-0.05, 0) is 55.9 Å². The Kier molecular flexibility index (Phi) is 5.64. The van der Waals surface area contributed by atoms with Gasteiger partial charge in [-0.1, -0.05) is 17.7 Å². The van der Waals surface area contributed by atoms with Crippen molar-refractivity contribution in [1.82, 2.24) is 15.6 Å². The van der Waals surface area contributed by atoms with Crippen LogP contribution >= 0.6 is 11.6 Å². The van der Waals surface area contributed by atoms with Crippen molar-refractivity contribution in [3.8, 4) is 5.75 Å². The average Bonchev–Trinajstić information content (AvgIpc) is 2.68. The third-order valence-corrected chi connectivity index (χ3v) is 6.13. The molecule has 2 aromatic rings. The molecule has 0 spiro atoms. The van der Waals surface area contributed by atoms with E-state index in [9.17, 15) is 14.0 Å². The van der Waals surface area contributed by atoms with Crippen LogP contribution in [0.5, 0.6) is 5.75 Å². The molecule has 2 bridgehead atoms. The van der Waals surface area contributed by atoms with E-state index < -0.39 is 5.82 Å². The zero-order chi connectivity index (χ0) is 21.2. The second-order valence-electron chi connectivity index (χ2n) is 8.22. The number of hydrogen-bond donors (Lipinski definition) is 2. The summed E-state index contributed by atoms with van der Waals surface area (Å²) in [4.78, 5) is 28.7. The molecule has 8 heteroatoms. The first kappa shape index (κ1) is 20.6. The van der Waals surface area contributed by atoms with Gasteiger partial charge in [0.05, 0.1) is 10.4 Å². The summed E-state index contributed by atoms with van der Waals surface area (Å²) in [5, 5.41) is 5.97. The molecule has 2 N–H and O–H groups in total. The van der Waals surface area contributed by atoms with E-state index >= 15 is 0 Å². The van der Waals surface area contributed by atoms with Crippen molar-refractivity contribution < 1.29 is 18.7 Å². The molecule has 3 aliphatic rings. The van der Waals surface area contributed by atoms with Gasteiger partial charge >= 0.3 is 0 Å². The fourth-order valence-electron chi connectivity index (χ4n) is 4.44. The van der Waals surface area contributed by atoms with Crippen LogP contribution in [0, 0.1) is 11.2 Å². The van der Waals surface area contributed by atoms with Crippen LogP contribution in [0.25, 0.3) is 0 Å². The zero-order valence-corrected chi connectivity index (χ0v) is 17.2. The molecule has 1 aromatic carbocycles. The highest BCUT2D eigenvalue weighted by Crippen LogP contribution is 2.67. The maximum atomic E-state index is 13.4. The van der Waals surface area contributed by atoms with E-state index in [1.54, 1.807) is 6.20 Å². The van der Waals surface area contributed by atoms with Crippen LogP contribution in [-0.4, -0.2) is 35.5 Å². The standard InChI is InChI=1S/C22H23ClFN3O3/c23-17-6-5-16(9-18(17)24)30-11-19(28)27-22-12-21(13-22,14-22)20(29)26-8-2-4-15-3-1-7-25-10-15/h1,3,5-7,9-10H,2,4,8,11-14H2,(H,26,29)(H,27,28). The highest BCUT2D eigenvalue weighted by Gasteiger charge is 2.72. The summed E-state index contributed by atoms with van der Waals surface area (Å²) in [7, 11) is 0. The molecule has 30 heavy (non-hydrogen) atoms. The molecule has 158 valence electrons.